The molecule has 0 aliphatic heterocycles. The quantitative estimate of drug-likeness (QED) is 0.835. The summed E-state index contributed by atoms with van der Waals surface area (Å²) in [5.41, 5.74) is 1.12. The second kappa shape index (κ2) is 5.86. The van der Waals surface area contributed by atoms with Crippen LogP contribution in [-0.4, -0.2) is 17.0 Å². The normalized spacial score (nSPS) is 21.5. The van der Waals surface area contributed by atoms with E-state index in [1.807, 2.05) is 6.08 Å². The van der Waals surface area contributed by atoms with Crippen molar-refractivity contribution in [2.45, 2.75) is 19.8 Å². The molecule has 2 atom stereocenters. The maximum Gasteiger partial charge on any atom is 0.307 e. The molecule has 1 aromatic carbocycles. The SMILES string of the molecule is Cc1ccc(F)cc1NC(=O)[C@H]1CC=CC[C@H]1C(=O)O. The van der Waals surface area contributed by atoms with E-state index in [1.54, 1.807) is 19.1 Å². The molecule has 4 nitrogen and oxygen atoms in total. The van der Waals surface area contributed by atoms with E-state index in [0.717, 1.165) is 5.56 Å². The van der Waals surface area contributed by atoms with Crippen LogP contribution in [0.5, 0.6) is 0 Å². The Labute approximate surface area is 116 Å². The number of rotatable bonds is 3. The topological polar surface area (TPSA) is 66.4 Å². The molecule has 5 heteroatoms. The van der Waals surface area contributed by atoms with Crippen LogP contribution in [0.1, 0.15) is 18.4 Å². The first kappa shape index (κ1) is 14.2. The third-order valence-corrected chi connectivity index (χ3v) is 3.54. The van der Waals surface area contributed by atoms with Gasteiger partial charge in [-0.25, -0.2) is 4.39 Å². The third-order valence-electron chi connectivity index (χ3n) is 3.54. The van der Waals surface area contributed by atoms with Gasteiger partial charge in [0.1, 0.15) is 5.82 Å². The van der Waals surface area contributed by atoms with Crippen molar-refractivity contribution < 1.29 is 19.1 Å². The van der Waals surface area contributed by atoms with Crippen molar-refractivity contribution in [3.05, 3.63) is 41.7 Å². The number of hydrogen-bond acceptors (Lipinski definition) is 2. The smallest absolute Gasteiger partial charge is 0.307 e. The molecule has 20 heavy (non-hydrogen) atoms. The fraction of sp³-hybridized carbons (Fsp3) is 0.333. The number of aliphatic carboxylic acids is 1. The summed E-state index contributed by atoms with van der Waals surface area (Å²) in [5.74, 6) is -3.15. The molecule has 106 valence electrons. The highest BCUT2D eigenvalue weighted by Gasteiger charge is 2.34. The van der Waals surface area contributed by atoms with Crippen LogP contribution in [0, 0.1) is 24.6 Å². The lowest BCUT2D eigenvalue weighted by Gasteiger charge is -2.24. The zero-order chi connectivity index (χ0) is 14.7. The summed E-state index contributed by atoms with van der Waals surface area (Å²) in [6, 6.07) is 4.12. The Kier molecular flexibility index (Phi) is 4.17. The van der Waals surface area contributed by atoms with Gasteiger partial charge in [0.2, 0.25) is 5.91 Å². The van der Waals surface area contributed by atoms with Crippen LogP contribution < -0.4 is 5.32 Å². The van der Waals surface area contributed by atoms with Gasteiger partial charge in [-0.15, -0.1) is 0 Å². The standard InChI is InChI=1S/C15H16FNO3/c1-9-6-7-10(16)8-13(9)17-14(18)11-4-2-3-5-12(11)15(19)20/h2-3,6-8,11-12H,4-5H2,1H3,(H,17,18)(H,19,20)/t11-,12+/m0/s1. The summed E-state index contributed by atoms with van der Waals surface area (Å²) in [6.07, 6.45) is 4.31. The molecule has 0 bridgehead atoms. The lowest BCUT2D eigenvalue weighted by Crippen LogP contribution is -2.34. The van der Waals surface area contributed by atoms with Crippen LogP contribution in [-0.2, 0) is 9.59 Å². The minimum atomic E-state index is -0.981. The van der Waals surface area contributed by atoms with Crippen LogP contribution >= 0.6 is 0 Å². The van der Waals surface area contributed by atoms with Gasteiger partial charge in [0.05, 0.1) is 11.8 Å². The van der Waals surface area contributed by atoms with Crippen LogP contribution in [0.15, 0.2) is 30.4 Å². The zero-order valence-corrected chi connectivity index (χ0v) is 11.1. The van der Waals surface area contributed by atoms with Crippen molar-refractivity contribution >= 4 is 17.6 Å². The van der Waals surface area contributed by atoms with Crippen molar-refractivity contribution in [3.8, 4) is 0 Å². The summed E-state index contributed by atoms with van der Waals surface area (Å²) in [5, 5.41) is 11.8. The second-order valence-corrected chi connectivity index (χ2v) is 4.94. The molecular weight excluding hydrogens is 261 g/mol. The average Bonchev–Trinajstić information content (AvgIpc) is 2.42. The zero-order valence-electron chi connectivity index (χ0n) is 11.1. The molecule has 2 N–H and O–H groups in total. The molecule has 0 saturated carbocycles. The van der Waals surface area contributed by atoms with Crippen molar-refractivity contribution in [2.24, 2.45) is 11.8 Å². The lowest BCUT2D eigenvalue weighted by molar-refractivity contribution is -0.146. The predicted octanol–water partition coefficient (Wildman–Crippen LogP) is 2.74. The first-order valence-electron chi connectivity index (χ1n) is 6.44. The number of allylic oxidation sites excluding steroid dienone is 2. The number of benzene rings is 1. The molecule has 0 spiro atoms. The Morgan fingerprint density at radius 2 is 1.90 bits per heavy atom. The first-order chi connectivity index (χ1) is 9.49. The van der Waals surface area contributed by atoms with E-state index in [2.05, 4.69) is 5.32 Å². The summed E-state index contributed by atoms with van der Waals surface area (Å²) in [7, 11) is 0. The number of anilines is 1. The second-order valence-electron chi connectivity index (χ2n) is 4.94. The third kappa shape index (κ3) is 3.04. The number of nitrogens with one attached hydrogen (secondary N) is 1. The number of aryl methyl sites for hydroxylation is 1. The molecule has 1 aromatic rings. The highest BCUT2D eigenvalue weighted by molar-refractivity contribution is 5.96. The van der Waals surface area contributed by atoms with Crippen molar-refractivity contribution in [2.75, 3.05) is 5.32 Å². The molecule has 0 aromatic heterocycles. The van der Waals surface area contributed by atoms with Crippen molar-refractivity contribution in [1.29, 1.82) is 0 Å². The van der Waals surface area contributed by atoms with Crippen LogP contribution in [0.2, 0.25) is 0 Å². The van der Waals surface area contributed by atoms with Crippen molar-refractivity contribution in [1.82, 2.24) is 0 Å². The Balaban J connectivity index is 2.16. The lowest BCUT2D eigenvalue weighted by atomic mass is 9.82. The Hall–Kier alpha value is -2.17. The van der Waals surface area contributed by atoms with Gasteiger partial charge in [0.15, 0.2) is 0 Å². The summed E-state index contributed by atoms with van der Waals surface area (Å²) in [6.45, 7) is 1.75. The molecular formula is C15H16FNO3. The summed E-state index contributed by atoms with van der Waals surface area (Å²) < 4.78 is 13.2. The minimum absolute atomic E-state index is 0.343. The number of carboxylic acid groups (broad SMARTS) is 1. The van der Waals surface area contributed by atoms with Gasteiger partial charge in [0.25, 0.3) is 0 Å². The molecule has 1 aliphatic carbocycles. The number of carboxylic acids is 1. The van der Waals surface area contributed by atoms with Gasteiger partial charge in [-0.3, -0.25) is 9.59 Å². The maximum absolute atomic E-state index is 13.2. The van der Waals surface area contributed by atoms with Gasteiger partial charge in [0, 0.05) is 5.69 Å². The molecule has 1 aliphatic rings. The monoisotopic (exact) mass is 277 g/mol. The number of hydrogen-bond donors (Lipinski definition) is 2. The number of carbonyl (C=O) groups excluding carboxylic acids is 1. The largest absolute Gasteiger partial charge is 0.481 e. The number of carbonyl (C=O) groups is 2. The Morgan fingerprint density at radius 3 is 2.55 bits per heavy atom. The highest BCUT2D eigenvalue weighted by Crippen LogP contribution is 2.28. The molecule has 0 saturated heterocycles. The van der Waals surface area contributed by atoms with E-state index < -0.39 is 23.6 Å². The molecule has 0 fully saturated rings. The van der Waals surface area contributed by atoms with E-state index in [-0.39, 0.29) is 5.91 Å². The van der Waals surface area contributed by atoms with E-state index in [1.165, 1.54) is 12.1 Å². The van der Waals surface area contributed by atoms with Crippen LogP contribution in [0.3, 0.4) is 0 Å². The van der Waals surface area contributed by atoms with Gasteiger partial charge >= 0.3 is 5.97 Å². The Morgan fingerprint density at radius 1 is 1.25 bits per heavy atom. The maximum atomic E-state index is 13.2. The van der Waals surface area contributed by atoms with Gasteiger partial charge < -0.3 is 10.4 Å². The van der Waals surface area contributed by atoms with E-state index in [4.69, 9.17) is 5.11 Å². The van der Waals surface area contributed by atoms with Gasteiger partial charge in [-0.1, -0.05) is 18.2 Å². The van der Waals surface area contributed by atoms with Crippen LogP contribution in [0.4, 0.5) is 10.1 Å². The fourth-order valence-electron chi connectivity index (χ4n) is 2.33. The highest BCUT2D eigenvalue weighted by atomic mass is 19.1. The molecule has 2 rings (SSSR count). The molecule has 0 unspecified atom stereocenters. The van der Waals surface area contributed by atoms with E-state index in [9.17, 15) is 14.0 Å². The first-order valence-corrected chi connectivity index (χ1v) is 6.44. The average molecular weight is 277 g/mol. The van der Waals surface area contributed by atoms with Gasteiger partial charge in [-0.2, -0.15) is 0 Å². The summed E-state index contributed by atoms with van der Waals surface area (Å²) >= 11 is 0. The fourth-order valence-corrected chi connectivity index (χ4v) is 2.33. The van der Waals surface area contributed by atoms with Crippen molar-refractivity contribution in [3.63, 3.8) is 0 Å². The van der Waals surface area contributed by atoms with E-state index >= 15 is 0 Å². The Bertz CT molecular complexity index is 568. The molecule has 0 heterocycles. The van der Waals surface area contributed by atoms with Crippen LogP contribution in [0.25, 0.3) is 0 Å². The number of halogens is 1. The van der Waals surface area contributed by atoms with Gasteiger partial charge in [-0.05, 0) is 37.5 Å². The molecule has 0 radical (unpaired) electrons. The minimum Gasteiger partial charge on any atom is -0.481 e. The van der Waals surface area contributed by atoms with E-state index in [0.29, 0.717) is 18.5 Å². The molecule has 1 amide bonds. The number of amides is 1. The predicted molar refractivity (Wildman–Crippen MR) is 72.8 cm³/mol. The summed E-state index contributed by atoms with van der Waals surface area (Å²) in [4.78, 5) is 23.4.